The van der Waals surface area contributed by atoms with Gasteiger partial charge in [-0.3, -0.25) is 20.3 Å². The van der Waals surface area contributed by atoms with Gasteiger partial charge in [0.05, 0.1) is 15.6 Å². The lowest BCUT2D eigenvalue weighted by Crippen LogP contribution is -2.23. The highest BCUT2D eigenvalue weighted by atomic mass is 35.5. The quantitative estimate of drug-likeness (QED) is 0.655. The van der Waals surface area contributed by atoms with E-state index in [0.29, 0.717) is 5.69 Å². The Morgan fingerprint density at radius 3 is 2.76 bits per heavy atom. The number of benzene rings is 1. The molecule has 0 saturated heterocycles. The van der Waals surface area contributed by atoms with Crippen molar-refractivity contribution in [3.63, 3.8) is 0 Å². The lowest BCUT2D eigenvalue weighted by molar-refractivity contribution is -0.384. The van der Waals surface area contributed by atoms with Gasteiger partial charge in [0.25, 0.3) is 5.69 Å². The first-order valence-corrected chi connectivity index (χ1v) is 6.65. The summed E-state index contributed by atoms with van der Waals surface area (Å²) in [5.41, 5.74) is 0.151. The van der Waals surface area contributed by atoms with Crippen LogP contribution < -0.4 is 10.1 Å². The summed E-state index contributed by atoms with van der Waals surface area (Å²) in [5, 5.41) is 22.5. The molecular formula is C11H10Cl2N4O3S. The van der Waals surface area contributed by atoms with Crippen LogP contribution in [0.5, 0.6) is 0 Å². The average Bonchev–Trinajstić information content (AvgIpc) is 2.77. The molecule has 0 bridgehead atoms. The van der Waals surface area contributed by atoms with E-state index in [0.717, 1.165) is 0 Å². The second-order valence-corrected chi connectivity index (χ2v) is 5.11. The predicted octanol–water partition coefficient (Wildman–Crippen LogP) is 2.65. The number of nitro benzene ring substituents is 1. The fraction of sp³-hybridized carbons (Fsp3) is 0.0909. The number of carbonyl (C=O) groups excluding carboxylic acids is 1. The number of non-ortho nitro benzene ring substituents is 1. The molecular weight excluding hydrogens is 339 g/mol. The molecule has 2 aromatic rings. The first-order valence-electron chi connectivity index (χ1n) is 5.39. The minimum Gasteiger partial charge on any atom is -0.323 e. The molecule has 0 aliphatic heterocycles. The molecule has 1 aromatic carbocycles. The monoisotopic (exact) mass is 348 g/mol. The maximum Gasteiger partial charge on any atom is 0.271 e. The molecule has 0 aliphatic carbocycles. The van der Waals surface area contributed by atoms with E-state index in [4.69, 9.17) is 17.0 Å². The van der Waals surface area contributed by atoms with E-state index in [1.165, 1.54) is 34.1 Å². The summed E-state index contributed by atoms with van der Waals surface area (Å²) in [7, 11) is 0. The first kappa shape index (κ1) is 17.2. The average molecular weight is 349 g/mol. The molecule has 21 heavy (non-hydrogen) atoms. The van der Waals surface area contributed by atoms with E-state index in [2.05, 4.69) is 5.32 Å². The normalized spacial score (nSPS) is 9.76. The number of hydrogen-bond donors (Lipinski definition) is 2. The standard InChI is InChI=1S/C11H9ClN4O3S.ClH/c12-8-5-7(16(18)19)1-2-9(8)14-10(17)6-15-3-4-20-11(15)13;/h1-5,13H,6H2,(H,14,17);1H. The molecule has 0 aliphatic rings. The molecule has 1 aromatic heterocycles. The number of thiazole rings is 1. The number of halogens is 2. The number of amides is 1. The zero-order valence-corrected chi connectivity index (χ0v) is 12.8. The van der Waals surface area contributed by atoms with Crippen molar-refractivity contribution in [3.05, 3.63) is 49.7 Å². The number of hydrogen-bond acceptors (Lipinski definition) is 5. The Kier molecular flexibility index (Phi) is 5.89. The number of nitrogens with one attached hydrogen (secondary N) is 2. The maximum atomic E-state index is 11.8. The Morgan fingerprint density at radius 1 is 1.52 bits per heavy atom. The smallest absolute Gasteiger partial charge is 0.271 e. The molecule has 1 amide bonds. The summed E-state index contributed by atoms with van der Waals surface area (Å²) in [5.74, 6) is -0.363. The molecule has 1 heterocycles. The van der Waals surface area contributed by atoms with Gasteiger partial charge >= 0.3 is 0 Å². The highest BCUT2D eigenvalue weighted by molar-refractivity contribution is 7.06. The summed E-state index contributed by atoms with van der Waals surface area (Å²) >= 11 is 7.08. The van der Waals surface area contributed by atoms with Crippen LogP contribution in [0.15, 0.2) is 29.8 Å². The Morgan fingerprint density at radius 2 is 2.24 bits per heavy atom. The van der Waals surface area contributed by atoms with Crippen molar-refractivity contribution >= 4 is 52.6 Å². The van der Waals surface area contributed by atoms with E-state index < -0.39 is 4.92 Å². The third-order valence-electron chi connectivity index (χ3n) is 2.43. The molecule has 0 atom stereocenters. The molecule has 0 fully saturated rings. The maximum absolute atomic E-state index is 11.8. The van der Waals surface area contributed by atoms with E-state index in [1.54, 1.807) is 11.6 Å². The van der Waals surface area contributed by atoms with Gasteiger partial charge in [-0.25, -0.2) is 0 Å². The van der Waals surface area contributed by atoms with Crippen LogP contribution in [0.3, 0.4) is 0 Å². The summed E-state index contributed by atoms with van der Waals surface area (Å²) in [6, 6.07) is 3.80. The number of carbonyl (C=O) groups is 1. The van der Waals surface area contributed by atoms with E-state index in [-0.39, 0.29) is 40.4 Å². The topological polar surface area (TPSA) is 101 Å². The number of rotatable bonds is 4. The van der Waals surface area contributed by atoms with Gasteiger partial charge in [0, 0.05) is 23.7 Å². The van der Waals surface area contributed by atoms with Crippen molar-refractivity contribution in [2.45, 2.75) is 6.54 Å². The Labute approximate surface area is 134 Å². The van der Waals surface area contributed by atoms with Gasteiger partial charge in [0.15, 0.2) is 4.80 Å². The molecule has 0 saturated carbocycles. The molecule has 2 N–H and O–H groups in total. The van der Waals surface area contributed by atoms with Crippen molar-refractivity contribution < 1.29 is 9.72 Å². The van der Waals surface area contributed by atoms with E-state index >= 15 is 0 Å². The predicted molar refractivity (Wildman–Crippen MR) is 82.1 cm³/mol. The third kappa shape index (κ3) is 4.28. The highest BCUT2D eigenvalue weighted by Gasteiger charge is 2.11. The van der Waals surface area contributed by atoms with Gasteiger partial charge < -0.3 is 9.88 Å². The summed E-state index contributed by atoms with van der Waals surface area (Å²) < 4.78 is 1.47. The summed E-state index contributed by atoms with van der Waals surface area (Å²) in [4.78, 5) is 22.1. The van der Waals surface area contributed by atoms with Crippen molar-refractivity contribution in [2.75, 3.05) is 5.32 Å². The van der Waals surface area contributed by atoms with Gasteiger partial charge in [-0.2, -0.15) is 0 Å². The molecule has 0 spiro atoms. The third-order valence-corrected chi connectivity index (χ3v) is 3.46. The highest BCUT2D eigenvalue weighted by Crippen LogP contribution is 2.26. The van der Waals surface area contributed by atoms with Gasteiger partial charge in [0.1, 0.15) is 6.54 Å². The van der Waals surface area contributed by atoms with E-state index in [1.807, 2.05) is 0 Å². The van der Waals surface area contributed by atoms with Gasteiger partial charge in [0.2, 0.25) is 5.91 Å². The van der Waals surface area contributed by atoms with Crippen LogP contribution in [-0.2, 0) is 11.3 Å². The second kappa shape index (κ2) is 7.21. The Bertz CT molecular complexity index is 728. The van der Waals surface area contributed by atoms with Gasteiger partial charge in [-0.1, -0.05) is 11.6 Å². The van der Waals surface area contributed by atoms with Crippen molar-refractivity contribution in [1.29, 1.82) is 5.41 Å². The van der Waals surface area contributed by atoms with Crippen LogP contribution in [0, 0.1) is 15.5 Å². The summed E-state index contributed by atoms with van der Waals surface area (Å²) in [6.45, 7) is -0.0182. The van der Waals surface area contributed by atoms with Crippen molar-refractivity contribution in [3.8, 4) is 0 Å². The lowest BCUT2D eigenvalue weighted by Gasteiger charge is -2.07. The minimum absolute atomic E-state index is 0. The van der Waals surface area contributed by atoms with Gasteiger partial charge in [-0.15, -0.1) is 23.7 Å². The zero-order valence-electron chi connectivity index (χ0n) is 10.4. The molecule has 2 rings (SSSR count). The van der Waals surface area contributed by atoms with Crippen molar-refractivity contribution in [2.24, 2.45) is 0 Å². The molecule has 112 valence electrons. The zero-order chi connectivity index (χ0) is 14.7. The fourth-order valence-corrected chi connectivity index (χ4v) is 2.31. The fourth-order valence-electron chi connectivity index (χ4n) is 1.49. The van der Waals surface area contributed by atoms with Crippen LogP contribution in [0.2, 0.25) is 5.02 Å². The van der Waals surface area contributed by atoms with Crippen LogP contribution in [0.4, 0.5) is 11.4 Å². The van der Waals surface area contributed by atoms with Crippen LogP contribution >= 0.6 is 35.3 Å². The minimum atomic E-state index is -0.564. The molecule has 0 unspecified atom stereocenters. The van der Waals surface area contributed by atoms with Crippen LogP contribution in [-0.4, -0.2) is 15.4 Å². The SMILES string of the molecule is Cl.N=c1sccn1CC(=O)Nc1ccc([N+](=O)[O-])cc1Cl. The number of aromatic nitrogens is 1. The number of anilines is 1. The van der Waals surface area contributed by atoms with Gasteiger partial charge in [-0.05, 0) is 6.07 Å². The number of nitro groups is 1. The van der Waals surface area contributed by atoms with E-state index in [9.17, 15) is 14.9 Å². The second-order valence-electron chi connectivity index (χ2n) is 3.81. The van der Waals surface area contributed by atoms with Crippen molar-refractivity contribution in [1.82, 2.24) is 4.57 Å². The lowest BCUT2D eigenvalue weighted by atomic mass is 10.3. The molecule has 7 nitrogen and oxygen atoms in total. The number of nitrogens with zero attached hydrogens (tertiary/aromatic N) is 2. The Balaban J connectivity index is 0.00000220. The molecule has 0 radical (unpaired) electrons. The Hall–Kier alpha value is -1.90. The van der Waals surface area contributed by atoms with Crippen LogP contribution in [0.25, 0.3) is 0 Å². The first-order chi connectivity index (χ1) is 9.47. The molecule has 10 heteroatoms. The summed E-state index contributed by atoms with van der Waals surface area (Å²) in [6.07, 6.45) is 1.63. The largest absolute Gasteiger partial charge is 0.323 e. The van der Waals surface area contributed by atoms with Crippen LogP contribution in [0.1, 0.15) is 0 Å².